The third kappa shape index (κ3) is 3.82. The number of ether oxygens (including phenoxy) is 2. The predicted octanol–water partition coefficient (Wildman–Crippen LogP) is 1.43. The minimum atomic E-state index is -0.0687. The molecule has 0 aliphatic heterocycles. The van der Waals surface area contributed by atoms with Gasteiger partial charge in [0, 0.05) is 0 Å². The molecule has 18 heavy (non-hydrogen) atoms. The lowest BCUT2D eigenvalue weighted by molar-refractivity contribution is 0.344. The molecule has 6 heteroatoms. The summed E-state index contributed by atoms with van der Waals surface area (Å²) in [6.07, 6.45) is 3.49. The van der Waals surface area contributed by atoms with Crippen molar-refractivity contribution in [1.29, 1.82) is 0 Å². The van der Waals surface area contributed by atoms with Gasteiger partial charge in [0.1, 0.15) is 5.69 Å². The molecule has 0 radical (unpaired) electrons. The molecular weight excluding hydrogens is 232 g/mol. The molecule has 6 nitrogen and oxygen atoms in total. The first-order chi connectivity index (χ1) is 8.62. The molecule has 0 bridgehead atoms. The van der Waals surface area contributed by atoms with Gasteiger partial charge < -0.3 is 9.47 Å². The second-order valence-corrected chi connectivity index (χ2v) is 4.50. The van der Waals surface area contributed by atoms with Crippen molar-refractivity contribution >= 4 is 0 Å². The van der Waals surface area contributed by atoms with Crippen LogP contribution in [0.2, 0.25) is 0 Å². The van der Waals surface area contributed by atoms with Crippen molar-refractivity contribution in [2.45, 2.75) is 32.7 Å². The molecule has 102 valence electrons. The summed E-state index contributed by atoms with van der Waals surface area (Å²) in [5, 5.41) is 0. The van der Waals surface area contributed by atoms with E-state index in [-0.39, 0.29) is 6.04 Å². The zero-order chi connectivity index (χ0) is 13.5. The van der Waals surface area contributed by atoms with Crippen molar-refractivity contribution in [3.8, 4) is 11.8 Å². The van der Waals surface area contributed by atoms with Crippen LogP contribution in [0.15, 0.2) is 6.20 Å². The van der Waals surface area contributed by atoms with Gasteiger partial charge in [-0.15, -0.1) is 0 Å². The molecule has 0 aliphatic rings. The largest absolute Gasteiger partial charge is 0.480 e. The number of methoxy groups -OCH3 is 2. The van der Waals surface area contributed by atoms with E-state index in [0.29, 0.717) is 23.4 Å². The van der Waals surface area contributed by atoms with Crippen LogP contribution < -0.4 is 20.7 Å². The lowest BCUT2D eigenvalue weighted by Gasteiger charge is -2.18. The summed E-state index contributed by atoms with van der Waals surface area (Å²) in [6, 6.07) is -0.0687. The minimum Gasteiger partial charge on any atom is -0.480 e. The first-order valence-corrected chi connectivity index (χ1v) is 6.03. The molecule has 0 aromatic carbocycles. The maximum Gasteiger partial charge on any atom is 0.240 e. The van der Waals surface area contributed by atoms with Crippen molar-refractivity contribution in [1.82, 2.24) is 15.4 Å². The van der Waals surface area contributed by atoms with Gasteiger partial charge in [0.05, 0.1) is 26.5 Å². The van der Waals surface area contributed by atoms with Crippen LogP contribution in [0.4, 0.5) is 0 Å². The molecular formula is C12H22N4O2. The quantitative estimate of drug-likeness (QED) is 0.566. The highest BCUT2D eigenvalue weighted by Crippen LogP contribution is 2.26. The van der Waals surface area contributed by atoms with E-state index in [2.05, 4.69) is 29.2 Å². The molecule has 1 rings (SSSR count). The van der Waals surface area contributed by atoms with E-state index in [4.69, 9.17) is 15.3 Å². The van der Waals surface area contributed by atoms with E-state index < -0.39 is 0 Å². The van der Waals surface area contributed by atoms with Gasteiger partial charge in [-0.3, -0.25) is 11.3 Å². The molecule has 1 aromatic heterocycles. The van der Waals surface area contributed by atoms with Crippen LogP contribution in [0.3, 0.4) is 0 Å². The van der Waals surface area contributed by atoms with E-state index in [1.165, 1.54) is 0 Å². The maximum atomic E-state index is 5.58. The molecule has 0 saturated heterocycles. The van der Waals surface area contributed by atoms with Gasteiger partial charge in [0.2, 0.25) is 11.8 Å². The van der Waals surface area contributed by atoms with Gasteiger partial charge in [-0.05, 0) is 18.8 Å². The zero-order valence-corrected chi connectivity index (χ0v) is 11.4. The van der Waals surface area contributed by atoms with Crippen molar-refractivity contribution < 1.29 is 9.47 Å². The molecule has 0 spiro atoms. The minimum absolute atomic E-state index is 0.0687. The Morgan fingerprint density at radius 1 is 1.28 bits per heavy atom. The van der Waals surface area contributed by atoms with Gasteiger partial charge in [-0.1, -0.05) is 13.8 Å². The van der Waals surface area contributed by atoms with Gasteiger partial charge >= 0.3 is 0 Å². The van der Waals surface area contributed by atoms with Gasteiger partial charge in [0.15, 0.2) is 0 Å². The first-order valence-electron chi connectivity index (χ1n) is 6.03. The Kier molecular flexibility index (Phi) is 5.80. The Morgan fingerprint density at radius 3 is 2.50 bits per heavy atom. The summed E-state index contributed by atoms with van der Waals surface area (Å²) in [5.74, 6) is 7.06. The molecule has 0 saturated carbocycles. The number of hydrogen-bond acceptors (Lipinski definition) is 6. The highest BCUT2D eigenvalue weighted by molar-refractivity contribution is 5.25. The Balaban J connectivity index is 2.90. The average Bonchev–Trinajstić information content (AvgIpc) is 2.39. The summed E-state index contributed by atoms with van der Waals surface area (Å²) in [7, 11) is 3.10. The molecule has 1 aromatic rings. The van der Waals surface area contributed by atoms with Gasteiger partial charge in [-0.25, -0.2) is 4.98 Å². The summed E-state index contributed by atoms with van der Waals surface area (Å²) in [4.78, 5) is 8.52. The smallest absolute Gasteiger partial charge is 0.240 e. The normalized spacial score (nSPS) is 12.6. The number of nitrogens with one attached hydrogen (secondary N) is 1. The van der Waals surface area contributed by atoms with Gasteiger partial charge in [0.25, 0.3) is 0 Å². The van der Waals surface area contributed by atoms with E-state index in [1.807, 2.05) is 0 Å². The standard InChI is InChI=1S/C12H22N4O2/c1-8(2)5-6-9(16-13)11-12(18-4)15-10(17-3)7-14-11/h7-9,16H,5-6,13H2,1-4H3. The van der Waals surface area contributed by atoms with E-state index in [0.717, 1.165) is 12.8 Å². The Bertz CT molecular complexity index is 371. The van der Waals surface area contributed by atoms with E-state index in [9.17, 15) is 0 Å². The lowest BCUT2D eigenvalue weighted by Crippen LogP contribution is -2.29. The van der Waals surface area contributed by atoms with Crippen LogP contribution in [-0.4, -0.2) is 24.2 Å². The number of rotatable bonds is 7. The number of hydrazine groups is 1. The number of hydrogen-bond donors (Lipinski definition) is 2. The van der Waals surface area contributed by atoms with Crippen LogP contribution in [-0.2, 0) is 0 Å². The topological polar surface area (TPSA) is 82.3 Å². The molecule has 3 N–H and O–H groups in total. The molecule has 1 heterocycles. The number of nitrogens with zero attached hydrogens (tertiary/aromatic N) is 2. The second kappa shape index (κ2) is 7.13. The fourth-order valence-corrected chi connectivity index (χ4v) is 1.65. The lowest BCUT2D eigenvalue weighted by atomic mass is 10.0. The fourth-order valence-electron chi connectivity index (χ4n) is 1.65. The third-order valence-electron chi connectivity index (χ3n) is 2.71. The van der Waals surface area contributed by atoms with Crippen LogP contribution in [0, 0.1) is 5.92 Å². The van der Waals surface area contributed by atoms with Gasteiger partial charge in [-0.2, -0.15) is 4.98 Å². The predicted molar refractivity (Wildman–Crippen MR) is 69.3 cm³/mol. The van der Waals surface area contributed by atoms with Crippen molar-refractivity contribution in [2.24, 2.45) is 11.8 Å². The molecule has 0 aliphatic carbocycles. The SMILES string of the molecule is COc1cnc(C(CCC(C)C)NN)c(OC)n1. The highest BCUT2D eigenvalue weighted by Gasteiger charge is 2.19. The second-order valence-electron chi connectivity index (χ2n) is 4.50. The maximum absolute atomic E-state index is 5.58. The van der Waals surface area contributed by atoms with Crippen LogP contribution in [0.1, 0.15) is 38.4 Å². The van der Waals surface area contributed by atoms with E-state index >= 15 is 0 Å². The molecule has 1 unspecified atom stereocenters. The summed E-state index contributed by atoms with van der Waals surface area (Å²) < 4.78 is 10.2. The van der Waals surface area contributed by atoms with Crippen molar-refractivity contribution in [3.63, 3.8) is 0 Å². The highest BCUT2D eigenvalue weighted by atomic mass is 16.5. The summed E-state index contributed by atoms with van der Waals surface area (Å²) in [5.41, 5.74) is 3.47. The van der Waals surface area contributed by atoms with Crippen molar-refractivity contribution in [2.75, 3.05) is 14.2 Å². The zero-order valence-electron chi connectivity index (χ0n) is 11.4. The Labute approximate surface area is 108 Å². The monoisotopic (exact) mass is 254 g/mol. The van der Waals surface area contributed by atoms with Crippen LogP contribution in [0.25, 0.3) is 0 Å². The van der Waals surface area contributed by atoms with Crippen LogP contribution in [0.5, 0.6) is 11.8 Å². The molecule has 0 amide bonds. The summed E-state index contributed by atoms with van der Waals surface area (Å²) >= 11 is 0. The van der Waals surface area contributed by atoms with Crippen molar-refractivity contribution in [3.05, 3.63) is 11.9 Å². The summed E-state index contributed by atoms with van der Waals surface area (Å²) in [6.45, 7) is 4.34. The molecule has 1 atom stereocenters. The molecule has 0 fully saturated rings. The fraction of sp³-hybridized carbons (Fsp3) is 0.667. The Hall–Kier alpha value is -1.40. The third-order valence-corrected chi connectivity index (χ3v) is 2.71. The number of nitrogens with two attached hydrogens (primary N) is 1. The average molecular weight is 254 g/mol. The van der Waals surface area contributed by atoms with E-state index in [1.54, 1.807) is 20.4 Å². The number of aromatic nitrogens is 2. The van der Waals surface area contributed by atoms with Crippen LogP contribution >= 0.6 is 0 Å². The Morgan fingerprint density at radius 2 is 2.00 bits per heavy atom. The first kappa shape index (κ1) is 14.7.